The van der Waals surface area contributed by atoms with Gasteiger partial charge >= 0.3 is 0 Å². The molecular formula is C28H32N6O3S. The minimum Gasteiger partial charge on any atom is -0.384 e. The number of nitrogens with one attached hydrogen (secondary N) is 1. The molecule has 0 aliphatic carbocycles. The third-order valence-electron chi connectivity index (χ3n) is 7.52. The van der Waals surface area contributed by atoms with Gasteiger partial charge in [0, 0.05) is 23.8 Å². The van der Waals surface area contributed by atoms with Crippen molar-refractivity contribution in [2.45, 2.75) is 57.0 Å². The molecule has 3 aromatic rings. The summed E-state index contributed by atoms with van der Waals surface area (Å²) >= 11 is 0. The van der Waals surface area contributed by atoms with E-state index in [1.54, 1.807) is 12.3 Å². The summed E-state index contributed by atoms with van der Waals surface area (Å²) in [7, 11) is -4.28. The molecule has 0 spiro atoms. The number of hydrogen-bond acceptors (Lipinski definition) is 8. The first-order valence-electron chi connectivity index (χ1n) is 12.4. The standard InChI is InChI=1S/C28H32N6O3S/c1-18-13-14-34(28(18,4)5)25-22(26(35)33-38(36,37)24-8-6-7-23(30)32-24)15-20(16-31-25)19-9-11-21(12-10-19)27(2,3)17-29/h6-12,15-16,18H,13-14H2,1-5H3,(H2,30,32)(H,33,35). The van der Waals surface area contributed by atoms with Gasteiger partial charge in [-0.25, -0.2) is 14.7 Å². The fourth-order valence-electron chi connectivity index (χ4n) is 4.56. The summed E-state index contributed by atoms with van der Waals surface area (Å²) in [5.74, 6) is -0.0219. The van der Waals surface area contributed by atoms with Gasteiger partial charge in [0.05, 0.1) is 17.0 Å². The molecule has 1 amide bonds. The number of sulfonamides is 1. The van der Waals surface area contributed by atoms with Crippen LogP contribution in [0.1, 0.15) is 57.0 Å². The van der Waals surface area contributed by atoms with E-state index in [-0.39, 0.29) is 21.9 Å². The van der Waals surface area contributed by atoms with Gasteiger partial charge in [-0.1, -0.05) is 37.3 Å². The Morgan fingerprint density at radius 3 is 2.45 bits per heavy atom. The molecule has 0 bridgehead atoms. The monoisotopic (exact) mass is 532 g/mol. The highest BCUT2D eigenvalue weighted by molar-refractivity contribution is 7.90. The number of carbonyl (C=O) groups is 1. The van der Waals surface area contributed by atoms with Crippen molar-refractivity contribution in [2.75, 3.05) is 17.2 Å². The van der Waals surface area contributed by atoms with E-state index in [1.165, 1.54) is 18.2 Å². The average Bonchev–Trinajstić information content (AvgIpc) is 3.15. The van der Waals surface area contributed by atoms with Crippen LogP contribution >= 0.6 is 0 Å². The van der Waals surface area contributed by atoms with Gasteiger partial charge in [-0.05, 0) is 69.4 Å². The molecule has 1 aliphatic heterocycles. The molecule has 0 radical (unpaired) electrons. The molecule has 38 heavy (non-hydrogen) atoms. The number of benzene rings is 1. The zero-order chi connectivity index (χ0) is 27.9. The Morgan fingerprint density at radius 1 is 1.18 bits per heavy atom. The lowest BCUT2D eigenvalue weighted by molar-refractivity contribution is 0.0981. The second-order valence-corrected chi connectivity index (χ2v) is 12.4. The molecule has 1 aliphatic rings. The lowest BCUT2D eigenvalue weighted by Gasteiger charge is -2.36. The number of nitrogens with two attached hydrogens (primary N) is 1. The van der Waals surface area contributed by atoms with Crippen LogP contribution in [0.25, 0.3) is 11.1 Å². The van der Waals surface area contributed by atoms with Crippen LogP contribution in [0.3, 0.4) is 0 Å². The first-order valence-corrected chi connectivity index (χ1v) is 13.8. The predicted molar refractivity (Wildman–Crippen MR) is 147 cm³/mol. The molecule has 0 saturated carbocycles. The van der Waals surface area contributed by atoms with Crippen molar-refractivity contribution in [2.24, 2.45) is 5.92 Å². The lowest BCUT2D eigenvalue weighted by Crippen LogP contribution is -2.43. The summed E-state index contributed by atoms with van der Waals surface area (Å²) in [5.41, 5.74) is 7.14. The largest absolute Gasteiger partial charge is 0.384 e. The van der Waals surface area contributed by atoms with Crippen LogP contribution in [0, 0.1) is 17.2 Å². The van der Waals surface area contributed by atoms with Gasteiger partial charge in [-0.2, -0.15) is 13.7 Å². The summed E-state index contributed by atoms with van der Waals surface area (Å²) < 4.78 is 28.1. The Hall–Kier alpha value is -3.97. The SMILES string of the molecule is CC1CCN(c2ncc(-c3ccc(C(C)(C)C#N)cc3)cc2C(=O)NS(=O)(=O)c2cccc(N)n2)C1(C)C. The van der Waals surface area contributed by atoms with Crippen LogP contribution in [0.4, 0.5) is 11.6 Å². The third-order valence-corrected chi connectivity index (χ3v) is 8.75. The topological polar surface area (TPSA) is 142 Å². The predicted octanol–water partition coefficient (Wildman–Crippen LogP) is 4.27. The van der Waals surface area contributed by atoms with Crippen molar-refractivity contribution in [3.8, 4) is 17.2 Å². The number of rotatable bonds is 6. The average molecular weight is 533 g/mol. The van der Waals surface area contributed by atoms with E-state index >= 15 is 0 Å². The van der Waals surface area contributed by atoms with Crippen molar-refractivity contribution in [1.29, 1.82) is 5.26 Å². The van der Waals surface area contributed by atoms with Crippen molar-refractivity contribution in [3.63, 3.8) is 0 Å². The zero-order valence-corrected chi connectivity index (χ0v) is 23.0. The number of nitriles is 1. The smallest absolute Gasteiger partial charge is 0.281 e. The normalized spacial score (nSPS) is 17.2. The maximum Gasteiger partial charge on any atom is 0.281 e. The molecular weight excluding hydrogens is 500 g/mol. The Bertz CT molecular complexity index is 1520. The van der Waals surface area contributed by atoms with Gasteiger partial charge in [0.25, 0.3) is 15.9 Å². The first kappa shape index (κ1) is 27.1. The molecule has 198 valence electrons. The van der Waals surface area contributed by atoms with Gasteiger partial charge in [-0.3, -0.25) is 4.79 Å². The van der Waals surface area contributed by atoms with Gasteiger partial charge in [-0.15, -0.1) is 0 Å². The number of pyridine rings is 2. The Morgan fingerprint density at radius 2 is 1.87 bits per heavy atom. The van der Waals surface area contributed by atoms with Crippen molar-refractivity contribution >= 4 is 27.6 Å². The van der Waals surface area contributed by atoms with Crippen LogP contribution in [0.2, 0.25) is 0 Å². The molecule has 1 unspecified atom stereocenters. The minimum absolute atomic E-state index is 0.0282. The Kier molecular flexibility index (Phi) is 6.93. The molecule has 1 fully saturated rings. The van der Waals surface area contributed by atoms with Gasteiger partial charge in [0.2, 0.25) is 0 Å². The minimum atomic E-state index is -4.28. The molecule has 10 heteroatoms. The second kappa shape index (κ2) is 9.72. The van der Waals surface area contributed by atoms with E-state index in [0.29, 0.717) is 23.8 Å². The summed E-state index contributed by atoms with van der Waals surface area (Å²) in [5, 5.41) is 9.10. The number of nitrogens with zero attached hydrogens (tertiary/aromatic N) is 4. The first-order chi connectivity index (χ1) is 17.8. The highest BCUT2D eigenvalue weighted by atomic mass is 32.2. The Labute approximate surface area is 223 Å². The van der Waals surface area contributed by atoms with E-state index < -0.39 is 21.3 Å². The fraction of sp³-hybridized carbons (Fsp3) is 0.357. The quantitative estimate of drug-likeness (QED) is 0.479. The van der Waals surface area contributed by atoms with Gasteiger partial charge in [0.1, 0.15) is 11.6 Å². The maximum absolute atomic E-state index is 13.5. The van der Waals surface area contributed by atoms with Crippen LogP contribution in [0.5, 0.6) is 0 Å². The summed E-state index contributed by atoms with van der Waals surface area (Å²) in [6.45, 7) is 10.7. The number of hydrogen-bond donors (Lipinski definition) is 2. The summed E-state index contributed by atoms with van der Waals surface area (Å²) in [4.78, 5) is 24.1. The van der Waals surface area contributed by atoms with E-state index in [2.05, 4.69) is 46.4 Å². The van der Waals surface area contributed by atoms with Crippen LogP contribution in [-0.4, -0.2) is 36.4 Å². The highest BCUT2D eigenvalue weighted by Gasteiger charge is 2.41. The number of nitrogen functional groups attached to an aromatic ring is 1. The number of anilines is 2. The zero-order valence-electron chi connectivity index (χ0n) is 22.2. The van der Waals surface area contributed by atoms with Crippen LogP contribution in [0.15, 0.2) is 59.8 Å². The third kappa shape index (κ3) is 5.07. The van der Waals surface area contributed by atoms with Crippen LogP contribution in [-0.2, 0) is 15.4 Å². The molecule has 4 rings (SSSR count). The van der Waals surface area contributed by atoms with E-state index in [4.69, 9.17) is 5.73 Å². The summed E-state index contributed by atoms with van der Waals surface area (Å²) in [6.07, 6.45) is 2.60. The van der Waals surface area contributed by atoms with Gasteiger partial charge in [0.15, 0.2) is 5.03 Å². The fourth-order valence-corrected chi connectivity index (χ4v) is 5.50. The van der Waals surface area contributed by atoms with E-state index in [1.807, 2.05) is 38.1 Å². The molecule has 9 nitrogen and oxygen atoms in total. The number of aromatic nitrogens is 2. The van der Waals surface area contributed by atoms with E-state index in [9.17, 15) is 18.5 Å². The molecule has 2 aromatic heterocycles. The van der Waals surface area contributed by atoms with Crippen molar-refractivity contribution in [1.82, 2.24) is 14.7 Å². The van der Waals surface area contributed by atoms with Crippen molar-refractivity contribution in [3.05, 3.63) is 65.9 Å². The number of amides is 1. The Balaban J connectivity index is 1.77. The summed E-state index contributed by atoms with van der Waals surface area (Å²) in [6, 6.07) is 15.6. The molecule has 3 heterocycles. The van der Waals surface area contributed by atoms with E-state index in [0.717, 1.165) is 17.5 Å². The van der Waals surface area contributed by atoms with Gasteiger partial charge < -0.3 is 10.6 Å². The molecule has 1 aromatic carbocycles. The van der Waals surface area contributed by atoms with Crippen LogP contribution < -0.4 is 15.4 Å². The second-order valence-electron chi connectivity index (χ2n) is 10.7. The highest BCUT2D eigenvalue weighted by Crippen LogP contribution is 2.39. The maximum atomic E-state index is 13.5. The lowest BCUT2D eigenvalue weighted by atomic mass is 9.85. The van der Waals surface area contributed by atoms with Crippen molar-refractivity contribution < 1.29 is 13.2 Å². The molecule has 1 atom stereocenters. The molecule has 1 saturated heterocycles. The number of carbonyl (C=O) groups excluding carboxylic acids is 1. The molecule has 3 N–H and O–H groups in total.